The van der Waals surface area contributed by atoms with E-state index in [2.05, 4.69) is 44.8 Å². The quantitative estimate of drug-likeness (QED) is 0.113. The molecule has 202 valence electrons. The normalized spacial score (nSPS) is 11.9. The van der Waals surface area contributed by atoms with Gasteiger partial charge in [0.15, 0.2) is 5.82 Å². The lowest BCUT2D eigenvalue weighted by Gasteiger charge is -2.28. The van der Waals surface area contributed by atoms with Gasteiger partial charge < -0.3 is 34.6 Å². The lowest BCUT2D eigenvalue weighted by Crippen LogP contribution is -2.45. The summed E-state index contributed by atoms with van der Waals surface area (Å²) in [5, 5.41) is 8.00. The molecule has 0 saturated carbocycles. The molecule has 0 fully saturated rings. The summed E-state index contributed by atoms with van der Waals surface area (Å²) in [7, 11) is 0. The highest BCUT2D eigenvalue weighted by Gasteiger charge is 2.24. The fraction of sp³-hybridized carbons (Fsp3) is 0.600. The molecular weight excluding hydrogens is 476 g/mol. The van der Waals surface area contributed by atoms with Gasteiger partial charge in [-0.1, -0.05) is 23.3 Å². The van der Waals surface area contributed by atoms with E-state index in [1.165, 1.54) is 0 Å². The van der Waals surface area contributed by atoms with Crippen molar-refractivity contribution >= 4 is 27.8 Å². The van der Waals surface area contributed by atoms with Crippen molar-refractivity contribution in [2.24, 2.45) is 5.11 Å². The summed E-state index contributed by atoms with van der Waals surface area (Å²) in [6, 6.07) is 7.98. The monoisotopic (exact) mass is 514 g/mol. The smallest absolute Gasteiger partial charge is 0.152 e. The minimum Gasteiger partial charge on any atom is -0.382 e. The van der Waals surface area contributed by atoms with Crippen molar-refractivity contribution in [1.29, 1.82) is 0 Å². The molecular formula is C25H38N8O4. The summed E-state index contributed by atoms with van der Waals surface area (Å²) in [6.45, 7) is 11.9. The summed E-state index contributed by atoms with van der Waals surface area (Å²) in [5.41, 5.74) is 16.8. The Labute approximate surface area is 217 Å². The number of nitrogens with two attached hydrogens (primary N) is 1. The molecule has 3 rings (SSSR count). The number of benzene rings is 1. The largest absolute Gasteiger partial charge is 0.382 e. The first-order valence-electron chi connectivity index (χ1n) is 12.6. The molecule has 0 unspecified atom stereocenters. The Morgan fingerprint density at radius 3 is 2.46 bits per heavy atom. The Morgan fingerprint density at radius 2 is 1.73 bits per heavy atom. The van der Waals surface area contributed by atoms with Crippen LogP contribution in [0.5, 0.6) is 0 Å². The summed E-state index contributed by atoms with van der Waals surface area (Å²) < 4.78 is 24.4. The van der Waals surface area contributed by atoms with E-state index in [1.54, 1.807) is 0 Å². The molecule has 0 spiro atoms. The van der Waals surface area contributed by atoms with Gasteiger partial charge in [0.25, 0.3) is 0 Å². The maximum atomic E-state index is 8.20. The molecule has 37 heavy (non-hydrogen) atoms. The number of imidazole rings is 1. The number of azide groups is 1. The number of para-hydroxylation sites is 1. The van der Waals surface area contributed by atoms with Gasteiger partial charge in [0, 0.05) is 42.1 Å². The van der Waals surface area contributed by atoms with Crippen LogP contribution in [0.1, 0.15) is 26.6 Å². The highest BCUT2D eigenvalue weighted by molar-refractivity contribution is 6.06. The molecule has 12 nitrogen and oxygen atoms in total. The zero-order valence-electron chi connectivity index (χ0n) is 22.0. The second-order valence-electron chi connectivity index (χ2n) is 9.06. The maximum absolute atomic E-state index is 8.20. The molecule has 3 N–H and O–H groups in total. The second kappa shape index (κ2) is 14.7. The zero-order chi connectivity index (χ0) is 26.5. The SMILES string of the molecule is CCOCc1nc2c(N)nc3ccccc3c2n1CC(C)(C)NCCOCCOCCOCCN=[N+]=[N-]. The van der Waals surface area contributed by atoms with Gasteiger partial charge >= 0.3 is 0 Å². The first-order chi connectivity index (χ1) is 18.0. The first kappa shape index (κ1) is 28.6. The van der Waals surface area contributed by atoms with E-state index in [1.807, 2.05) is 25.1 Å². The number of hydrogen-bond donors (Lipinski definition) is 2. The van der Waals surface area contributed by atoms with E-state index in [0.717, 1.165) is 22.2 Å². The molecule has 3 aromatic rings. The number of nitrogen functional groups attached to an aromatic ring is 1. The van der Waals surface area contributed by atoms with Crippen molar-refractivity contribution in [2.45, 2.75) is 39.5 Å². The number of nitrogens with one attached hydrogen (secondary N) is 1. The van der Waals surface area contributed by atoms with Crippen LogP contribution in [-0.2, 0) is 32.1 Å². The third kappa shape index (κ3) is 8.53. The molecule has 0 aliphatic rings. The number of hydrogen-bond acceptors (Lipinski definition) is 9. The Kier molecular flexibility index (Phi) is 11.3. The molecule has 0 bridgehead atoms. The van der Waals surface area contributed by atoms with Crippen molar-refractivity contribution in [3.8, 4) is 0 Å². The number of rotatable bonds is 18. The van der Waals surface area contributed by atoms with Gasteiger partial charge in [-0.3, -0.25) is 0 Å². The summed E-state index contributed by atoms with van der Waals surface area (Å²) in [5.74, 6) is 1.25. The maximum Gasteiger partial charge on any atom is 0.152 e. The number of pyridine rings is 1. The van der Waals surface area contributed by atoms with Crippen LogP contribution in [0.3, 0.4) is 0 Å². The molecule has 2 heterocycles. The predicted octanol–water partition coefficient (Wildman–Crippen LogP) is 3.43. The van der Waals surface area contributed by atoms with E-state index in [9.17, 15) is 0 Å². The van der Waals surface area contributed by atoms with Gasteiger partial charge in [-0.05, 0) is 32.4 Å². The van der Waals surface area contributed by atoms with Crippen molar-refractivity contribution < 1.29 is 18.9 Å². The fourth-order valence-electron chi connectivity index (χ4n) is 3.98. The van der Waals surface area contributed by atoms with Crippen LogP contribution in [0.25, 0.3) is 32.4 Å². The molecule has 0 atom stereocenters. The van der Waals surface area contributed by atoms with Gasteiger partial charge in [-0.2, -0.15) is 0 Å². The highest BCUT2D eigenvalue weighted by Crippen LogP contribution is 2.30. The number of anilines is 1. The fourth-order valence-corrected chi connectivity index (χ4v) is 3.98. The number of nitrogens with zero attached hydrogens (tertiary/aromatic N) is 6. The minimum absolute atomic E-state index is 0.249. The van der Waals surface area contributed by atoms with E-state index in [-0.39, 0.29) is 5.54 Å². The predicted molar refractivity (Wildman–Crippen MR) is 143 cm³/mol. The molecule has 2 aromatic heterocycles. The third-order valence-corrected chi connectivity index (χ3v) is 5.67. The van der Waals surface area contributed by atoms with Crippen LogP contribution < -0.4 is 11.1 Å². The number of aromatic nitrogens is 3. The average Bonchev–Trinajstić information content (AvgIpc) is 3.23. The van der Waals surface area contributed by atoms with E-state index in [4.69, 9.17) is 35.2 Å². The zero-order valence-corrected chi connectivity index (χ0v) is 22.0. The topological polar surface area (TPSA) is 154 Å². The van der Waals surface area contributed by atoms with Gasteiger partial charge in [0.2, 0.25) is 0 Å². The lowest BCUT2D eigenvalue weighted by molar-refractivity contribution is 0.0158. The molecule has 0 saturated heterocycles. The van der Waals surface area contributed by atoms with Crippen LogP contribution in [0.2, 0.25) is 0 Å². The molecule has 1 aromatic carbocycles. The van der Waals surface area contributed by atoms with Crippen molar-refractivity contribution in [2.75, 3.05) is 65.1 Å². The Bertz CT molecular complexity index is 1180. The van der Waals surface area contributed by atoms with Crippen LogP contribution >= 0.6 is 0 Å². The number of ether oxygens (including phenoxy) is 4. The van der Waals surface area contributed by atoms with Crippen molar-refractivity contribution in [3.63, 3.8) is 0 Å². The minimum atomic E-state index is -0.249. The van der Waals surface area contributed by atoms with E-state index >= 15 is 0 Å². The molecule has 0 amide bonds. The molecule has 0 aliphatic heterocycles. The molecule has 12 heteroatoms. The van der Waals surface area contributed by atoms with E-state index in [0.29, 0.717) is 83.8 Å². The van der Waals surface area contributed by atoms with Crippen molar-refractivity contribution in [1.82, 2.24) is 19.9 Å². The third-order valence-electron chi connectivity index (χ3n) is 5.67. The standard InChI is InChI=1S/C25H38N8O4/c1-4-34-17-21-31-22-23(19-7-5-6-8-20(19)30-24(22)26)33(21)18-25(2,3)28-9-11-35-13-15-37-16-14-36-12-10-29-32-27/h5-8,28H,4,9-18H2,1-3H3,(H2,26,30). The van der Waals surface area contributed by atoms with Gasteiger partial charge in [0.05, 0.1) is 50.7 Å². The van der Waals surface area contributed by atoms with Crippen LogP contribution in [0.4, 0.5) is 5.82 Å². The molecule has 0 aliphatic carbocycles. The van der Waals surface area contributed by atoms with Gasteiger partial charge in [-0.25, -0.2) is 9.97 Å². The first-order valence-corrected chi connectivity index (χ1v) is 12.6. The molecule has 0 radical (unpaired) electrons. The number of fused-ring (bicyclic) bond motifs is 3. The lowest BCUT2D eigenvalue weighted by atomic mass is 10.1. The van der Waals surface area contributed by atoms with Crippen molar-refractivity contribution in [3.05, 3.63) is 40.5 Å². The Hall–Kier alpha value is -2.99. The van der Waals surface area contributed by atoms with Crippen LogP contribution in [-0.4, -0.2) is 79.4 Å². The van der Waals surface area contributed by atoms with Crippen LogP contribution in [0, 0.1) is 0 Å². The summed E-state index contributed by atoms with van der Waals surface area (Å²) in [4.78, 5) is 12.0. The second-order valence-corrected chi connectivity index (χ2v) is 9.06. The van der Waals surface area contributed by atoms with Gasteiger partial charge in [0.1, 0.15) is 17.9 Å². The average molecular weight is 515 g/mol. The Balaban J connectivity index is 1.52. The van der Waals surface area contributed by atoms with Crippen LogP contribution in [0.15, 0.2) is 29.4 Å². The van der Waals surface area contributed by atoms with Gasteiger partial charge in [-0.15, -0.1) is 0 Å². The summed E-state index contributed by atoms with van der Waals surface area (Å²) in [6.07, 6.45) is 0. The van der Waals surface area contributed by atoms with E-state index < -0.39 is 0 Å². The Morgan fingerprint density at radius 1 is 1.03 bits per heavy atom. The highest BCUT2D eigenvalue weighted by atomic mass is 16.5. The summed E-state index contributed by atoms with van der Waals surface area (Å²) >= 11 is 0.